The molecule has 0 bridgehead atoms. The van der Waals surface area contributed by atoms with Crippen LogP contribution in [-0.2, 0) is 19.5 Å². The smallest absolute Gasteiger partial charge is 0.248 e. The monoisotopic (exact) mass is 384 g/mol. The summed E-state index contributed by atoms with van der Waals surface area (Å²) < 4.78 is 44.7. The molecule has 3 aliphatic rings. The van der Waals surface area contributed by atoms with Crippen LogP contribution in [0.25, 0.3) is 0 Å². The summed E-state index contributed by atoms with van der Waals surface area (Å²) in [6.07, 6.45) is 6.06. The molecule has 3 heterocycles. The number of sulfonamides is 1. The summed E-state index contributed by atoms with van der Waals surface area (Å²) in [5.74, 6) is 1.11. The van der Waals surface area contributed by atoms with Gasteiger partial charge in [0.25, 0.3) is 0 Å². The standard InChI is InChI=1S/C18H28N2O5S/c1-13-17(14(2)25-19-13)26(21,22)20-8-6-18(7-9-20)11-16(5-10-24-18)23-12-15-3-4-15/h15-16H,3-12H2,1-2H3. The lowest BCUT2D eigenvalue weighted by Gasteiger charge is -2.45. The van der Waals surface area contributed by atoms with Gasteiger partial charge in [0.05, 0.1) is 11.7 Å². The highest BCUT2D eigenvalue weighted by molar-refractivity contribution is 7.89. The highest BCUT2D eigenvalue weighted by atomic mass is 32.2. The van der Waals surface area contributed by atoms with Gasteiger partial charge in [-0.2, -0.15) is 4.31 Å². The number of hydrogen-bond donors (Lipinski definition) is 0. The molecule has 4 rings (SSSR count). The first-order valence-electron chi connectivity index (χ1n) is 9.58. The molecule has 0 radical (unpaired) electrons. The Hall–Kier alpha value is -0.960. The lowest BCUT2D eigenvalue weighted by Crippen LogP contribution is -2.52. The molecule has 2 aliphatic heterocycles. The highest BCUT2D eigenvalue weighted by Crippen LogP contribution is 2.39. The Labute approximate surface area is 155 Å². The number of nitrogens with zero attached hydrogens (tertiary/aromatic N) is 2. The van der Waals surface area contributed by atoms with Crippen molar-refractivity contribution in [3.8, 4) is 0 Å². The third kappa shape index (κ3) is 3.56. The Morgan fingerprint density at radius 2 is 1.96 bits per heavy atom. The van der Waals surface area contributed by atoms with Crippen molar-refractivity contribution < 1.29 is 22.4 Å². The van der Waals surface area contributed by atoms with Gasteiger partial charge >= 0.3 is 0 Å². The zero-order valence-corrected chi connectivity index (χ0v) is 16.4. The van der Waals surface area contributed by atoms with Gasteiger partial charge in [0.2, 0.25) is 10.0 Å². The molecule has 2 saturated heterocycles. The van der Waals surface area contributed by atoms with Gasteiger partial charge in [0.1, 0.15) is 10.6 Å². The summed E-state index contributed by atoms with van der Waals surface area (Å²) >= 11 is 0. The van der Waals surface area contributed by atoms with E-state index in [1.807, 2.05) is 0 Å². The molecular formula is C18H28N2O5S. The molecule has 3 fully saturated rings. The second-order valence-electron chi connectivity index (χ2n) is 7.98. The van der Waals surface area contributed by atoms with Crippen LogP contribution in [0.5, 0.6) is 0 Å². The van der Waals surface area contributed by atoms with E-state index in [0.717, 1.165) is 25.4 Å². The van der Waals surface area contributed by atoms with Gasteiger partial charge in [0.15, 0.2) is 5.76 Å². The molecule has 0 N–H and O–H groups in total. The number of aryl methyl sites for hydroxylation is 2. The van der Waals surface area contributed by atoms with Crippen molar-refractivity contribution in [3.63, 3.8) is 0 Å². The molecule has 1 aromatic heterocycles. The van der Waals surface area contributed by atoms with Gasteiger partial charge in [-0.15, -0.1) is 0 Å². The molecule has 1 aliphatic carbocycles. The second-order valence-corrected chi connectivity index (χ2v) is 9.86. The Balaban J connectivity index is 1.40. The Morgan fingerprint density at radius 1 is 1.23 bits per heavy atom. The fourth-order valence-electron chi connectivity index (χ4n) is 4.14. The van der Waals surface area contributed by atoms with Crippen molar-refractivity contribution in [2.75, 3.05) is 26.3 Å². The molecule has 26 heavy (non-hydrogen) atoms. The van der Waals surface area contributed by atoms with E-state index in [9.17, 15) is 8.42 Å². The minimum atomic E-state index is -3.57. The molecule has 8 heteroatoms. The first-order chi connectivity index (χ1) is 12.4. The van der Waals surface area contributed by atoms with Crippen LogP contribution < -0.4 is 0 Å². The average Bonchev–Trinajstić information content (AvgIpc) is 3.37. The van der Waals surface area contributed by atoms with E-state index in [1.165, 1.54) is 12.8 Å². The van der Waals surface area contributed by atoms with Crippen molar-refractivity contribution in [2.45, 2.75) is 69.0 Å². The number of ether oxygens (including phenoxy) is 2. The molecular weight excluding hydrogens is 356 g/mol. The van der Waals surface area contributed by atoms with E-state index in [2.05, 4.69) is 5.16 Å². The maximum absolute atomic E-state index is 13.0. The van der Waals surface area contributed by atoms with Gasteiger partial charge in [-0.25, -0.2) is 8.42 Å². The van der Waals surface area contributed by atoms with E-state index < -0.39 is 10.0 Å². The van der Waals surface area contributed by atoms with E-state index in [0.29, 0.717) is 44.0 Å². The highest BCUT2D eigenvalue weighted by Gasteiger charge is 2.44. The fourth-order valence-corrected chi connectivity index (χ4v) is 5.87. The Bertz CT molecular complexity index is 728. The van der Waals surface area contributed by atoms with Crippen molar-refractivity contribution in [1.82, 2.24) is 9.46 Å². The summed E-state index contributed by atoms with van der Waals surface area (Å²) in [4.78, 5) is 0.212. The molecule has 1 saturated carbocycles. The van der Waals surface area contributed by atoms with Crippen molar-refractivity contribution in [3.05, 3.63) is 11.5 Å². The van der Waals surface area contributed by atoms with Crippen LogP contribution in [0.3, 0.4) is 0 Å². The van der Waals surface area contributed by atoms with Crippen molar-refractivity contribution in [1.29, 1.82) is 0 Å². The molecule has 0 amide bonds. The summed E-state index contributed by atoms with van der Waals surface area (Å²) in [7, 11) is -3.57. The maximum atomic E-state index is 13.0. The lowest BCUT2D eigenvalue weighted by atomic mass is 9.84. The van der Waals surface area contributed by atoms with Gasteiger partial charge in [-0.3, -0.25) is 0 Å². The average molecular weight is 384 g/mol. The number of aromatic nitrogens is 1. The topological polar surface area (TPSA) is 81.9 Å². The van der Waals surface area contributed by atoms with Crippen LogP contribution in [0.4, 0.5) is 0 Å². The van der Waals surface area contributed by atoms with Crippen LogP contribution in [0.2, 0.25) is 0 Å². The predicted molar refractivity (Wildman–Crippen MR) is 94.4 cm³/mol. The SMILES string of the molecule is Cc1noc(C)c1S(=O)(=O)N1CCC2(CC1)CC(OCC1CC1)CCO2. The normalized spacial score (nSPS) is 27.1. The number of hydrogen-bond acceptors (Lipinski definition) is 6. The van der Waals surface area contributed by atoms with Gasteiger partial charge in [0, 0.05) is 32.7 Å². The molecule has 1 atom stereocenters. The van der Waals surface area contributed by atoms with Gasteiger partial charge in [-0.1, -0.05) is 5.16 Å². The van der Waals surface area contributed by atoms with E-state index in [4.69, 9.17) is 14.0 Å². The first kappa shape index (κ1) is 18.4. The third-order valence-electron chi connectivity index (χ3n) is 5.91. The number of rotatable bonds is 5. The minimum absolute atomic E-state index is 0.212. The Kier molecular flexibility index (Phi) is 4.88. The zero-order chi connectivity index (χ0) is 18.4. The zero-order valence-electron chi connectivity index (χ0n) is 15.6. The molecule has 1 spiro atoms. The van der Waals surface area contributed by atoms with E-state index in [-0.39, 0.29) is 16.6 Å². The fraction of sp³-hybridized carbons (Fsp3) is 0.833. The molecule has 7 nitrogen and oxygen atoms in total. The molecule has 146 valence electrons. The van der Waals surface area contributed by atoms with E-state index >= 15 is 0 Å². The summed E-state index contributed by atoms with van der Waals surface area (Å²) in [5.41, 5.74) is 0.183. The predicted octanol–water partition coefficient (Wildman–Crippen LogP) is 2.42. The largest absolute Gasteiger partial charge is 0.378 e. The Morgan fingerprint density at radius 3 is 2.58 bits per heavy atom. The lowest BCUT2D eigenvalue weighted by molar-refractivity contribution is -0.151. The summed E-state index contributed by atoms with van der Waals surface area (Å²) in [6.45, 7) is 5.80. The summed E-state index contributed by atoms with van der Waals surface area (Å²) in [6, 6.07) is 0. The minimum Gasteiger partial charge on any atom is -0.378 e. The maximum Gasteiger partial charge on any atom is 0.248 e. The summed E-state index contributed by atoms with van der Waals surface area (Å²) in [5, 5.41) is 3.79. The third-order valence-corrected chi connectivity index (χ3v) is 8.06. The molecule has 0 aromatic carbocycles. The number of piperidine rings is 1. The molecule has 1 unspecified atom stereocenters. The van der Waals surface area contributed by atoms with Gasteiger partial charge < -0.3 is 14.0 Å². The van der Waals surface area contributed by atoms with Crippen molar-refractivity contribution >= 4 is 10.0 Å². The van der Waals surface area contributed by atoms with Crippen LogP contribution >= 0.6 is 0 Å². The van der Waals surface area contributed by atoms with Crippen LogP contribution in [-0.4, -0.2) is 55.9 Å². The quantitative estimate of drug-likeness (QED) is 0.775. The van der Waals surface area contributed by atoms with Crippen LogP contribution in [0.15, 0.2) is 9.42 Å². The van der Waals surface area contributed by atoms with Crippen LogP contribution in [0.1, 0.15) is 50.0 Å². The second kappa shape index (κ2) is 6.89. The van der Waals surface area contributed by atoms with E-state index in [1.54, 1.807) is 18.2 Å². The van der Waals surface area contributed by atoms with Gasteiger partial charge in [-0.05, 0) is 51.9 Å². The van der Waals surface area contributed by atoms with Crippen LogP contribution in [0, 0.1) is 19.8 Å². The molecule has 1 aromatic rings. The first-order valence-corrected chi connectivity index (χ1v) is 11.0. The van der Waals surface area contributed by atoms with Crippen molar-refractivity contribution in [2.24, 2.45) is 5.92 Å².